The van der Waals surface area contributed by atoms with E-state index in [1.54, 1.807) is 0 Å². The van der Waals surface area contributed by atoms with Crippen molar-refractivity contribution in [3.8, 4) is 22.3 Å². The Labute approximate surface area is 213 Å². The minimum atomic E-state index is -0.833. The van der Waals surface area contributed by atoms with Crippen LogP contribution in [-0.2, 0) is 39.4 Å². The van der Waals surface area contributed by atoms with Crippen LogP contribution >= 0.6 is 17.4 Å². The molecule has 0 radical (unpaired) electrons. The van der Waals surface area contributed by atoms with E-state index >= 15 is 0 Å². The summed E-state index contributed by atoms with van der Waals surface area (Å²) in [5.41, 5.74) is 8.23. The minimum absolute atomic E-state index is 0. The first-order valence-electron chi connectivity index (χ1n) is 10.2. The van der Waals surface area contributed by atoms with Gasteiger partial charge in [-0.1, -0.05) is 114 Å². The van der Waals surface area contributed by atoms with Crippen molar-refractivity contribution < 1.29 is 38.4 Å². The Morgan fingerprint density at radius 1 is 0.606 bits per heavy atom. The average Bonchev–Trinajstić information content (AvgIpc) is 2.74. The number of rotatable bonds is 2. The van der Waals surface area contributed by atoms with Crippen molar-refractivity contribution in [1.29, 1.82) is 0 Å². The maximum absolute atomic E-state index is 8.46. The van der Waals surface area contributed by atoms with E-state index < -0.39 is 17.4 Å². The smallest absolute Gasteiger partial charge is 0.310 e. The molecule has 4 nitrogen and oxygen atoms in total. The second-order valence-electron chi connectivity index (χ2n) is 9.37. The average molecular weight is 572 g/mol. The fraction of sp³-hybridized carbons (Fsp3) is 0.308. The van der Waals surface area contributed by atoms with Gasteiger partial charge in [0.2, 0.25) is 0 Å². The summed E-state index contributed by atoms with van der Waals surface area (Å²) in [4.78, 5) is 14.0. The van der Waals surface area contributed by atoms with Gasteiger partial charge < -0.3 is 9.79 Å². The van der Waals surface area contributed by atoms with Gasteiger partial charge in [-0.25, -0.2) is 9.13 Å². The molecule has 0 fully saturated rings. The quantitative estimate of drug-likeness (QED) is 0.242. The van der Waals surface area contributed by atoms with Crippen molar-refractivity contribution >= 4 is 17.4 Å². The van der Waals surface area contributed by atoms with E-state index in [1.807, 2.05) is 0 Å². The van der Waals surface area contributed by atoms with E-state index in [9.17, 15) is 0 Å². The van der Waals surface area contributed by atoms with Crippen molar-refractivity contribution in [2.24, 2.45) is 0 Å². The predicted octanol–water partition coefficient (Wildman–Crippen LogP) is 7.98. The van der Waals surface area contributed by atoms with E-state index in [4.69, 9.17) is 18.9 Å². The van der Waals surface area contributed by atoms with Gasteiger partial charge in [0.15, 0.2) is 0 Å². The molecule has 0 saturated heterocycles. The van der Waals surface area contributed by atoms with Gasteiger partial charge in [0, 0.05) is 0 Å². The molecule has 3 rings (SSSR count). The van der Waals surface area contributed by atoms with Gasteiger partial charge in [-0.3, -0.25) is 0 Å². The molecule has 0 aliphatic carbocycles. The Bertz CT molecular complexity index is 988. The minimum Gasteiger partial charge on any atom is -0.310 e. The predicted molar refractivity (Wildman–Crippen MR) is 134 cm³/mol. The van der Waals surface area contributed by atoms with Crippen molar-refractivity contribution in [2.45, 2.75) is 52.4 Å². The van der Waals surface area contributed by atoms with Crippen LogP contribution in [0.15, 0.2) is 72.8 Å². The Balaban J connectivity index is 0.00000132. The molecule has 33 heavy (non-hydrogen) atoms. The molecule has 0 amide bonds. The molecule has 0 saturated carbocycles. The molecule has 0 unspecified atom stereocenters. The molecule has 0 aliphatic rings. The molecule has 0 bridgehead atoms. The summed E-state index contributed by atoms with van der Waals surface area (Å²) < 4.78 is 16.9. The Morgan fingerprint density at radius 2 is 1.03 bits per heavy atom. The number of benzene rings is 3. The second kappa shape index (κ2) is 14.6. The zero-order valence-electron chi connectivity index (χ0n) is 19.9. The normalized spacial score (nSPS) is 10.9. The molecule has 0 spiro atoms. The van der Waals surface area contributed by atoms with Gasteiger partial charge in [-0.2, -0.15) is 0 Å². The molecule has 3 aromatic rings. The third kappa shape index (κ3) is 10.0. The Morgan fingerprint density at radius 3 is 1.45 bits per heavy atom. The molecular weight excluding hydrogens is 539 g/mol. The molecule has 3 aromatic carbocycles. The van der Waals surface area contributed by atoms with Crippen LogP contribution in [0, 0.1) is 0 Å². The molecule has 7 heteroatoms. The summed E-state index contributed by atoms with van der Waals surface area (Å²) in [6, 6.07) is 26.5. The maximum Gasteiger partial charge on any atom is 2.00 e. The van der Waals surface area contributed by atoms with Gasteiger partial charge in [0.05, 0.1) is 0 Å². The van der Waals surface area contributed by atoms with Crippen molar-refractivity contribution in [2.75, 3.05) is 0 Å². The fourth-order valence-corrected chi connectivity index (χ4v) is 3.36. The summed E-state index contributed by atoms with van der Waals surface area (Å²) in [7, 11) is -1.67. The topological polar surface area (TPSA) is 74.6 Å². The third-order valence-electron chi connectivity index (χ3n) is 5.00. The van der Waals surface area contributed by atoms with Gasteiger partial charge in [0.25, 0.3) is 0 Å². The van der Waals surface area contributed by atoms with Crippen LogP contribution in [0.2, 0.25) is 0 Å². The van der Waals surface area contributed by atoms with E-state index in [-0.39, 0.29) is 30.3 Å². The summed E-state index contributed by atoms with van der Waals surface area (Å²) in [5, 5.41) is 0. The molecule has 0 aromatic heterocycles. The van der Waals surface area contributed by atoms with Gasteiger partial charge in [-0.05, 0) is 44.2 Å². The fourth-order valence-electron chi connectivity index (χ4n) is 3.36. The van der Waals surface area contributed by atoms with Crippen LogP contribution in [-0.4, -0.2) is 9.79 Å². The second-order valence-corrected chi connectivity index (χ2v) is 9.69. The maximum atomic E-state index is 8.46. The summed E-state index contributed by atoms with van der Waals surface area (Å²) in [5.74, 6) is 0. The summed E-state index contributed by atoms with van der Waals surface area (Å²) in [6.07, 6.45) is 0. The molecule has 0 aliphatic heterocycles. The first-order valence-corrected chi connectivity index (χ1v) is 11.8. The number of hydrogen-bond acceptors (Lipinski definition) is 2. The van der Waals surface area contributed by atoms with E-state index in [0.717, 1.165) is 0 Å². The SMILES string of the molecule is CC(C)(C)c1ccc(-c2ccc(-c3ccccc3)cc2)c(C(C)(C)C)c1.O=PO.O=PO.[Ru+2]. The van der Waals surface area contributed by atoms with Crippen LogP contribution in [0.3, 0.4) is 0 Å². The van der Waals surface area contributed by atoms with Crippen LogP contribution in [0.25, 0.3) is 22.3 Å². The Kier molecular flexibility index (Phi) is 13.9. The van der Waals surface area contributed by atoms with Crippen LogP contribution < -0.4 is 0 Å². The first-order chi connectivity index (χ1) is 15.0. The largest absolute Gasteiger partial charge is 2.00 e. The summed E-state index contributed by atoms with van der Waals surface area (Å²) in [6.45, 7) is 13.7. The molecular formula is C26H32O4P2Ru+2. The van der Waals surface area contributed by atoms with Crippen molar-refractivity contribution in [3.63, 3.8) is 0 Å². The Hall–Kier alpha value is -1.60. The van der Waals surface area contributed by atoms with Crippen molar-refractivity contribution in [1.82, 2.24) is 0 Å². The monoisotopic (exact) mass is 572 g/mol. The zero-order valence-corrected chi connectivity index (χ0v) is 23.4. The van der Waals surface area contributed by atoms with E-state index in [0.29, 0.717) is 0 Å². The standard InChI is InChI=1S/C26H30.2HO2P.Ru/c1-25(2,3)22-16-17-23(24(18-22)26(4,5)6)21-14-12-20(13-15-21)19-10-8-7-9-11-19;2*1-3-2;/h7-18H,1-6H3;2*(H,1,2);/q;;;+2. The first kappa shape index (κ1) is 31.4. The van der Waals surface area contributed by atoms with Crippen LogP contribution in [0.1, 0.15) is 52.7 Å². The third-order valence-corrected chi connectivity index (χ3v) is 5.00. The zero-order chi connectivity index (χ0) is 24.4. The molecule has 2 N–H and O–H groups in total. The van der Waals surface area contributed by atoms with Gasteiger partial charge >= 0.3 is 36.9 Å². The van der Waals surface area contributed by atoms with Crippen molar-refractivity contribution in [3.05, 3.63) is 83.9 Å². The molecule has 0 atom stereocenters. The van der Waals surface area contributed by atoms with E-state index in [1.165, 1.54) is 33.4 Å². The van der Waals surface area contributed by atoms with Crippen LogP contribution in [0.4, 0.5) is 0 Å². The van der Waals surface area contributed by atoms with Crippen LogP contribution in [0.5, 0.6) is 0 Å². The number of hydrogen-bond donors (Lipinski definition) is 2. The van der Waals surface area contributed by atoms with E-state index in [2.05, 4.69) is 114 Å². The van der Waals surface area contributed by atoms with Gasteiger partial charge in [-0.15, -0.1) is 0 Å². The summed E-state index contributed by atoms with van der Waals surface area (Å²) >= 11 is 0. The van der Waals surface area contributed by atoms with Gasteiger partial charge in [0.1, 0.15) is 0 Å². The molecule has 176 valence electrons. The molecule has 0 heterocycles.